The van der Waals surface area contributed by atoms with E-state index in [1.54, 1.807) is 0 Å². The minimum absolute atomic E-state index is 0.102. The number of hydrogen-bond acceptors (Lipinski definition) is 3. The van der Waals surface area contributed by atoms with Gasteiger partial charge in [0.1, 0.15) is 5.82 Å². The summed E-state index contributed by atoms with van der Waals surface area (Å²) >= 11 is 4.74. The number of benzene rings is 2. The zero-order valence-electron chi connectivity index (χ0n) is 10.4. The molecular formula is C14H12BrFN2OS. The third-order valence-corrected chi connectivity index (χ3v) is 3.92. The van der Waals surface area contributed by atoms with Crippen molar-refractivity contribution >= 4 is 45.0 Å². The maximum absolute atomic E-state index is 13.5. The van der Waals surface area contributed by atoms with Crippen molar-refractivity contribution in [3.8, 4) is 0 Å². The highest BCUT2D eigenvalue weighted by Gasteiger charge is 2.08. The molecule has 0 saturated heterocycles. The standard InChI is InChI=1S/C14H12BrFN2OS/c15-9-2-1-3-11(6-9)20-8-14(19)18-13-7-10(17)4-5-12(13)16/h1-7H,8,17H2,(H,18,19). The molecule has 0 radical (unpaired) electrons. The van der Waals surface area contributed by atoms with Crippen molar-refractivity contribution in [1.29, 1.82) is 0 Å². The molecule has 3 N–H and O–H groups in total. The fourth-order valence-electron chi connectivity index (χ4n) is 1.53. The molecule has 0 aliphatic heterocycles. The third kappa shape index (κ3) is 4.25. The number of nitrogens with one attached hydrogen (secondary N) is 1. The molecule has 2 rings (SSSR count). The van der Waals surface area contributed by atoms with E-state index in [-0.39, 0.29) is 17.3 Å². The van der Waals surface area contributed by atoms with Crippen LogP contribution in [0.15, 0.2) is 51.8 Å². The van der Waals surface area contributed by atoms with E-state index < -0.39 is 5.82 Å². The number of thioether (sulfide) groups is 1. The Labute approximate surface area is 128 Å². The number of carbonyl (C=O) groups excluding carboxylic acids is 1. The van der Waals surface area contributed by atoms with Crippen molar-refractivity contribution in [2.75, 3.05) is 16.8 Å². The number of carbonyl (C=O) groups is 1. The van der Waals surface area contributed by atoms with Gasteiger partial charge in [0.05, 0.1) is 11.4 Å². The molecule has 6 heteroatoms. The normalized spacial score (nSPS) is 10.3. The third-order valence-electron chi connectivity index (χ3n) is 2.43. The quantitative estimate of drug-likeness (QED) is 0.646. The molecule has 104 valence electrons. The lowest BCUT2D eigenvalue weighted by Crippen LogP contribution is -2.15. The average Bonchev–Trinajstić information content (AvgIpc) is 2.41. The Kier molecular flexibility index (Phi) is 5.03. The van der Waals surface area contributed by atoms with Gasteiger partial charge in [0, 0.05) is 15.1 Å². The van der Waals surface area contributed by atoms with E-state index in [9.17, 15) is 9.18 Å². The van der Waals surface area contributed by atoms with Crippen LogP contribution in [0, 0.1) is 5.82 Å². The highest BCUT2D eigenvalue weighted by Crippen LogP contribution is 2.23. The Morgan fingerprint density at radius 1 is 1.30 bits per heavy atom. The monoisotopic (exact) mass is 354 g/mol. The van der Waals surface area contributed by atoms with Gasteiger partial charge in [-0.15, -0.1) is 11.8 Å². The molecule has 2 aromatic rings. The second kappa shape index (κ2) is 6.76. The lowest BCUT2D eigenvalue weighted by atomic mass is 10.2. The molecule has 0 unspecified atom stereocenters. The summed E-state index contributed by atoms with van der Waals surface area (Å²) in [6.45, 7) is 0. The first-order valence-corrected chi connectivity index (χ1v) is 7.56. The van der Waals surface area contributed by atoms with Gasteiger partial charge in [-0.05, 0) is 36.4 Å². The Morgan fingerprint density at radius 3 is 2.85 bits per heavy atom. The summed E-state index contributed by atoms with van der Waals surface area (Å²) in [4.78, 5) is 12.7. The Hall–Kier alpha value is -1.53. The smallest absolute Gasteiger partial charge is 0.234 e. The van der Waals surface area contributed by atoms with E-state index in [0.29, 0.717) is 5.69 Å². The van der Waals surface area contributed by atoms with Crippen molar-refractivity contribution in [3.63, 3.8) is 0 Å². The molecule has 0 atom stereocenters. The zero-order valence-corrected chi connectivity index (χ0v) is 12.8. The van der Waals surface area contributed by atoms with E-state index in [1.165, 1.54) is 30.0 Å². The fraction of sp³-hybridized carbons (Fsp3) is 0.0714. The van der Waals surface area contributed by atoms with Gasteiger partial charge in [0.2, 0.25) is 5.91 Å². The van der Waals surface area contributed by atoms with Crippen molar-refractivity contribution in [3.05, 3.63) is 52.8 Å². The summed E-state index contributed by atoms with van der Waals surface area (Å²) in [6, 6.07) is 11.7. The highest BCUT2D eigenvalue weighted by atomic mass is 79.9. The second-order valence-electron chi connectivity index (χ2n) is 4.03. The molecule has 0 aliphatic carbocycles. The predicted octanol–water partition coefficient (Wildman–Crippen LogP) is 3.90. The first-order chi connectivity index (χ1) is 9.54. The van der Waals surface area contributed by atoms with Crippen LogP contribution in [0.4, 0.5) is 15.8 Å². The Balaban J connectivity index is 1.94. The fourth-order valence-corrected chi connectivity index (χ4v) is 2.84. The molecule has 2 aromatic carbocycles. The summed E-state index contributed by atoms with van der Waals surface area (Å²) in [5.41, 5.74) is 6.06. The van der Waals surface area contributed by atoms with Crippen LogP contribution in [0.2, 0.25) is 0 Å². The van der Waals surface area contributed by atoms with Crippen molar-refractivity contribution < 1.29 is 9.18 Å². The van der Waals surface area contributed by atoms with E-state index in [0.717, 1.165) is 9.37 Å². The van der Waals surface area contributed by atoms with Gasteiger partial charge in [-0.3, -0.25) is 4.79 Å². The van der Waals surface area contributed by atoms with Crippen LogP contribution >= 0.6 is 27.7 Å². The Bertz CT molecular complexity index is 636. The van der Waals surface area contributed by atoms with Crippen LogP contribution in [0.5, 0.6) is 0 Å². The van der Waals surface area contributed by atoms with Crippen LogP contribution in [0.1, 0.15) is 0 Å². The van der Waals surface area contributed by atoms with Crippen molar-refractivity contribution in [2.45, 2.75) is 4.90 Å². The average molecular weight is 355 g/mol. The van der Waals surface area contributed by atoms with Gasteiger partial charge in [-0.1, -0.05) is 22.0 Å². The first kappa shape index (κ1) is 14.9. The van der Waals surface area contributed by atoms with Crippen LogP contribution in [0.3, 0.4) is 0 Å². The van der Waals surface area contributed by atoms with Gasteiger partial charge < -0.3 is 11.1 Å². The molecule has 0 spiro atoms. The number of hydrogen-bond donors (Lipinski definition) is 2. The minimum atomic E-state index is -0.500. The van der Waals surface area contributed by atoms with Gasteiger partial charge in [0.15, 0.2) is 0 Å². The van der Waals surface area contributed by atoms with Gasteiger partial charge in [0.25, 0.3) is 0 Å². The lowest BCUT2D eigenvalue weighted by molar-refractivity contribution is -0.113. The number of rotatable bonds is 4. The minimum Gasteiger partial charge on any atom is -0.399 e. The molecule has 20 heavy (non-hydrogen) atoms. The summed E-state index contributed by atoms with van der Waals surface area (Å²) in [7, 11) is 0. The molecule has 1 amide bonds. The van der Waals surface area contributed by atoms with Crippen LogP contribution in [0.25, 0.3) is 0 Å². The number of amides is 1. The SMILES string of the molecule is Nc1ccc(F)c(NC(=O)CSc2cccc(Br)c2)c1. The predicted molar refractivity (Wildman–Crippen MR) is 84.3 cm³/mol. The van der Waals surface area contributed by atoms with Crippen molar-refractivity contribution in [2.24, 2.45) is 0 Å². The highest BCUT2D eigenvalue weighted by molar-refractivity contribution is 9.10. The summed E-state index contributed by atoms with van der Waals surface area (Å²) in [6.07, 6.45) is 0. The summed E-state index contributed by atoms with van der Waals surface area (Å²) in [5.74, 6) is -0.579. The van der Waals surface area contributed by atoms with E-state index in [4.69, 9.17) is 5.73 Å². The molecule has 0 aliphatic rings. The number of anilines is 2. The van der Waals surface area contributed by atoms with Crippen LogP contribution < -0.4 is 11.1 Å². The van der Waals surface area contributed by atoms with Gasteiger partial charge >= 0.3 is 0 Å². The lowest BCUT2D eigenvalue weighted by Gasteiger charge is -2.07. The Morgan fingerprint density at radius 2 is 2.10 bits per heavy atom. The topological polar surface area (TPSA) is 55.1 Å². The number of nitrogen functional groups attached to an aromatic ring is 1. The van der Waals surface area contributed by atoms with Gasteiger partial charge in [-0.2, -0.15) is 0 Å². The molecule has 0 aromatic heterocycles. The first-order valence-electron chi connectivity index (χ1n) is 5.78. The molecule has 0 saturated carbocycles. The number of nitrogens with two attached hydrogens (primary N) is 1. The van der Waals surface area contributed by atoms with Crippen molar-refractivity contribution in [1.82, 2.24) is 0 Å². The molecule has 3 nitrogen and oxygen atoms in total. The maximum Gasteiger partial charge on any atom is 0.234 e. The molecular weight excluding hydrogens is 343 g/mol. The second-order valence-corrected chi connectivity index (χ2v) is 6.00. The molecule has 0 heterocycles. The summed E-state index contributed by atoms with van der Waals surface area (Å²) in [5, 5.41) is 2.51. The number of halogens is 2. The molecule has 0 bridgehead atoms. The van der Waals surface area contributed by atoms with Crippen LogP contribution in [-0.2, 0) is 4.79 Å². The summed E-state index contributed by atoms with van der Waals surface area (Å²) < 4.78 is 14.4. The van der Waals surface area contributed by atoms with E-state index in [1.807, 2.05) is 24.3 Å². The molecule has 0 fully saturated rings. The largest absolute Gasteiger partial charge is 0.399 e. The van der Waals surface area contributed by atoms with Crippen LogP contribution in [-0.4, -0.2) is 11.7 Å². The van der Waals surface area contributed by atoms with E-state index >= 15 is 0 Å². The zero-order chi connectivity index (χ0) is 14.5. The maximum atomic E-state index is 13.5. The van der Waals surface area contributed by atoms with Gasteiger partial charge in [-0.25, -0.2) is 4.39 Å². The van der Waals surface area contributed by atoms with E-state index in [2.05, 4.69) is 21.2 Å².